The summed E-state index contributed by atoms with van der Waals surface area (Å²) in [6.07, 6.45) is -3.18. The smallest absolute Gasteiger partial charge is 0.395 e. The molecular formula is C26H16F6N4O4. The predicted octanol–water partition coefficient (Wildman–Crippen LogP) is 6.09. The Kier molecular flexibility index (Phi) is 6.69. The molecule has 0 fully saturated rings. The van der Waals surface area contributed by atoms with Gasteiger partial charge in [0.25, 0.3) is 0 Å². The van der Waals surface area contributed by atoms with E-state index in [1.807, 2.05) is 0 Å². The van der Waals surface area contributed by atoms with Gasteiger partial charge in [-0.1, -0.05) is 0 Å². The van der Waals surface area contributed by atoms with Gasteiger partial charge in [0.1, 0.15) is 11.1 Å². The molecule has 14 heteroatoms. The molecule has 3 aromatic heterocycles. The van der Waals surface area contributed by atoms with Gasteiger partial charge in [0, 0.05) is 11.0 Å². The molecule has 2 N–H and O–H groups in total. The Hall–Kier alpha value is -4.88. The summed E-state index contributed by atoms with van der Waals surface area (Å²) in [6, 6.07) is 8.61. The van der Waals surface area contributed by atoms with E-state index in [-0.39, 0.29) is 39.4 Å². The summed E-state index contributed by atoms with van der Waals surface area (Å²) in [5.74, 6) is -3.05. The maximum atomic E-state index is 13.6. The minimum Gasteiger partial charge on any atom is -0.395 e. The summed E-state index contributed by atoms with van der Waals surface area (Å²) < 4.78 is 87.8. The molecule has 0 atom stereocenters. The number of ether oxygens (including phenoxy) is 2. The number of alkyl halides is 6. The zero-order valence-corrected chi connectivity index (χ0v) is 20.0. The first-order chi connectivity index (χ1) is 19.0. The number of aromatic nitrogens is 4. The largest absolute Gasteiger partial charge is 0.429 e. The maximum Gasteiger partial charge on any atom is 0.429 e. The van der Waals surface area contributed by atoms with Crippen LogP contribution in [0.25, 0.3) is 46.4 Å². The van der Waals surface area contributed by atoms with Crippen molar-refractivity contribution in [2.24, 2.45) is 0 Å². The van der Waals surface area contributed by atoms with E-state index in [0.29, 0.717) is 11.0 Å². The van der Waals surface area contributed by atoms with Crippen LogP contribution in [0.4, 0.5) is 26.3 Å². The molecule has 206 valence electrons. The first kappa shape index (κ1) is 26.7. The molecule has 0 spiro atoms. The zero-order chi connectivity index (χ0) is 28.7. The molecule has 0 aliphatic carbocycles. The number of carbonyl (C=O) groups excluding carboxylic acids is 2. The van der Waals surface area contributed by atoms with Crippen molar-refractivity contribution < 1.29 is 45.4 Å². The summed E-state index contributed by atoms with van der Waals surface area (Å²) in [7, 11) is 0. The van der Waals surface area contributed by atoms with Crippen LogP contribution in [0, 0.1) is 0 Å². The third-order valence-electron chi connectivity index (χ3n) is 5.60. The Bertz CT molecular complexity index is 1650. The lowest BCUT2D eigenvalue weighted by Crippen LogP contribution is -2.28. The number of nitrogens with one attached hydrogen (secondary N) is 2. The van der Waals surface area contributed by atoms with Crippen LogP contribution in [0.5, 0.6) is 0 Å². The van der Waals surface area contributed by atoms with Crippen molar-refractivity contribution in [3.63, 3.8) is 0 Å². The zero-order valence-electron chi connectivity index (χ0n) is 20.0. The first-order valence-electron chi connectivity index (χ1n) is 11.4. The van der Waals surface area contributed by atoms with E-state index in [9.17, 15) is 35.9 Å². The van der Waals surface area contributed by atoms with E-state index in [2.05, 4.69) is 29.4 Å². The van der Waals surface area contributed by atoms with Crippen molar-refractivity contribution in [2.45, 2.75) is 12.2 Å². The monoisotopic (exact) mass is 562 g/mol. The van der Waals surface area contributed by atoms with Crippen LogP contribution in [0.3, 0.4) is 0 Å². The molecule has 8 bridgehead atoms. The van der Waals surface area contributed by atoms with Crippen molar-refractivity contribution in [2.75, 3.05) is 13.3 Å². The van der Waals surface area contributed by atoms with Crippen molar-refractivity contribution in [3.05, 3.63) is 70.3 Å². The Balaban J connectivity index is 1.77. The standard InChI is InChI=1S/C26H16F6N4O4/c27-11-25(29,30)39-23(37)21-17-5-1-13(33-17)9-14-2-6-19(34-14)22(24(38)40-26(31,32)12-28)20-8-4-16(36-20)10-15-3-7-18(21)35-15/h1-10,33,35H,11-12H2. The number of nitrogens with zero attached hydrogens (tertiary/aromatic N) is 2. The average molecular weight is 562 g/mol. The van der Waals surface area contributed by atoms with E-state index >= 15 is 0 Å². The second-order valence-electron chi connectivity index (χ2n) is 8.52. The van der Waals surface area contributed by atoms with Crippen LogP contribution in [-0.2, 0) is 9.47 Å². The van der Waals surface area contributed by atoms with Crippen molar-refractivity contribution in [1.82, 2.24) is 19.9 Å². The van der Waals surface area contributed by atoms with Gasteiger partial charge >= 0.3 is 24.2 Å². The molecular weight excluding hydrogens is 546 g/mol. The molecule has 40 heavy (non-hydrogen) atoms. The lowest BCUT2D eigenvalue weighted by atomic mass is 10.1. The lowest BCUT2D eigenvalue weighted by molar-refractivity contribution is -0.210. The number of carbonyl (C=O) groups is 2. The van der Waals surface area contributed by atoms with Crippen molar-refractivity contribution in [1.29, 1.82) is 0 Å². The molecule has 3 aromatic rings. The molecule has 0 aromatic carbocycles. The minimum absolute atomic E-state index is 0.0381. The van der Waals surface area contributed by atoms with Crippen molar-refractivity contribution >= 4 is 58.3 Å². The highest BCUT2D eigenvalue weighted by Crippen LogP contribution is 2.27. The van der Waals surface area contributed by atoms with Gasteiger partial charge in [0.15, 0.2) is 13.3 Å². The fraction of sp³-hybridized carbons (Fsp3) is 0.154. The Morgan fingerprint density at radius 2 is 1.10 bits per heavy atom. The van der Waals surface area contributed by atoms with Gasteiger partial charge in [0.05, 0.1) is 33.8 Å². The van der Waals surface area contributed by atoms with E-state index < -0.39 is 43.1 Å². The Labute approximate surface area is 220 Å². The van der Waals surface area contributed by atoms with Crippen LogP contribution < -0.4 is 0 Å². The number of esters is 2. The number of hydrogen-bond acceptors (Lipinski definition) is 6. The number of H-pyrrole nitrogens is 2. The summed E-state index contributed by atoms with van der Waals surface area (Å²) in [6.45, 7) is -4.44. The highest BCUT2D eigenvalue weighted by Gasteiger charge is 2.37. The molecule has 0 unspecified atom stereocenters. The van der Waals surface area contributed by atoms with Gasteiger partial charge in [-0.2, -0.15) is 17.6 Å². The number of rotatable bonds is 6. The summed E-state index contributed by atoms with van der Waals surface area (Å²) in [5, 5.41) is 0. The molecule has 0 saturated heterocycles. The third-order valence-corrected chi connectivity index (χ3v) is 5.60. The van der Waals surface area contributed by atoms with E-state index in [0.717, 1.165) is 0 Å². The van der Waals surface area contributed by atoms with Crippen molar-refractivity contribution in [3.8, 4) is 0 Å². The molecule has 2 aliphatic heterocycles. The molecule has 2 aliphatic rings. The molecule has 0 saturated carbocycles. The van der Waals surface area contributed by atoms with Gasteiger partial charge in [0.2, 0.25) is 0 Å². The normalized spacial score (nSPS) is 12.9. The van der Waals surface area contributed by atoms with Crippen LogP contribution >= 0.6 is 0 Å². The van der Waals surface area contributed by atoms with Gasteiger partial charge in [-0.25, -0.2) is 28.3 Å². The quantitative estimate of drug-likeness (QED) is 0.191. The fourth-order valence-electron chi connectivity index (χ4n) is 3.93. The molecule has 5 rings (SSSR count). The van der Waals surface area contributed by atoms with Gasteiger partial charge in [-0.3, -0.25) is 0 Å². The highest BCUT2D eigenvalue weighted by atomic mass is 19.3. The predicted molar refractivity (Wildman–Crippen MR) is 132 cm³/mol. The number of fused-ring (bicyclic) bond motifs is 8. The molecule has 8 nitrogen and oxygen atoms in total. The number of aromatic amines is 2. The van der Waals surface area contributed by atoms with E-state index in [1.54, 1.807) is 0 Å². The third kappa shape index (κ3) is 5.46. The van der Waals surface area contributed by atoms with Gasteiger partial charge in [-0.15, -0.1) is 0 Å². The minimum atomic E-state index is -4.37. The fourth-order valence-corrected chi connectivity index (χ4v) is 3.93. The van der Waals surface area contributed by atoms with Crippen LogP contribution in [0.1, 0.15) is 43.5 Å². The SMILES string of the molecule is O=C(OC(F)(F)CF)c1c2nc(cc3ccc([nH]3)c(C(=O)OC(F)(F)CF)c3ccc(cc4nc1C=C4)[nH]3)C=C2. The van der Waals surface area contributed by atoms with Gasteiger partial charge < -0.3 is 19.4 Å². The number of hydrogen-bond donors (Lipinski definition) is 2. The maximum absolute atomic E-state index is 13.6. The van der Waals surface area contributed by atoms with E-state index in [4.69, 9.17) is 0 Å². The van der Waals surface area contributed by atoms with Gasteiger partial charge in [-0.05, 0) is 60.7 Å². The molecule has 0 radical (unpaired) electrons. The van der Waals surface area contributed by atoms with Crippen LogP contribution in [-0.4, -0.2) is 57.4 Å². The molecule has 0 amide bonds. The highest BCUT2D eigenvalue weighted by molar-refractivity contribution is 6.04. The average Bonchev–Trinajstić information content (AvgIpc) is 3.69. The summed E-state index contributed by atoms with van der Waals surface area (Å²) in [5.41, 5.74) is 0.154. The van der Waals surface area contributed by atoms with Crippen LogP contribution in [0.15, 0.2) is 36.4 Å². The summed E-state index contributed by atoms with van der Waals surface area (Å²) >= 11 is 0. The van der Waals surface area contributed by atoms with E-state index in [1.165, 1.54) is 60.7 Å². The number of halogens is 6. The Morgan fingerprint density at radius 1 is 0.675 bits per heavy atom. The first-order valence-corrected chi connectivity index (χ1v) is 11.4. The summed E-state index contributed by atoms with van der Waals surface area (Å²) in [4.78, 5) is 39.6. The topological polar surface area (TPSA) is 110 Å². The lowest BCUT2D eigenvalue weighted by Gasteiger charge is -2.13. The Morgan fingerprint density at radius 3 is 1.52 bits per heavy atom. The second kappa shape index (κ2) is 10.0. The second-order valence-corrected chi connectivity index (χ2v) is 8.52. The van der Waals surface area contributed by atoms with Crippen LogP contribution in [0.2, 0.25) is 0 Å². The molecule has 5 heterocycles.